The van der Waals surface area contributed by atoms with Crippen LogP contribution in [0.5, 0.6) is 0 Å². The maximum Gasteiger partial charge on any atom is 0.257 e. The molecule has 0 atom stereocenters. The molecule has 1 fully saturated rings. The third-order valence-electron chi connectivity index (χ3n) is 4.03. The number of rotatable bonds is 3. The molecule has 2 heterocycles. The van der Waals surface area contributed by atoms with E-state index >= 15 is 0 Å². The van der Waals surface area contributed by atoms with Crippen molar-refractivity contribution < 1.29 is 14.0 Å². The summed E-state index contributed by atoms with van der Waals surface area (Å²) in [6, 6.07) is 6.84. The Labute approximate surface area is 149 Å². The first-order valence-corrected chi connectivity index (χ1v) is 8.33. The van der Waals surface area contributed by atoms with Crippen LogP contribution in [0.1, 0.15) is 15.9 Å². The van der Waals surface area contributed by atoms with Crippen molar-refractivity contribution in [3.8, 4) is 0 Å². The zero-order valence-electron chi connectivity index (χ0n) is 12.9. The zero-order chi connectivity index (χ0) is 17.1. The summed E-state index contributed by atoms with van der Waals surface area (Å²) in [5, 5.41) is 0.914. The number of hydrogen-bond donors (Lipinski definition) is 0. The van der Waals surface area contributed by atoms with Crippen molar-refractivity contribution in [2.75, 3.05) is 26.2 Å². The van der Waals surface area contributed by atoms with Gasteiger partial charge in [0.25, 0.3) is 5.91 Å². The lowest BCUT2D eigenvalue weighted by atomic mass is 10.1. The van der Waals surface area contributed by atoms with Crippen LogP contribution in [0.15, 0.2) is 41.2 Å². The second-order valence-electron chi connectivity index (χ2n) is 5.61. The van der Waals surface area contributed by atoms with Gasteiger partial charge in [-0.15, -0.1) is 0 Å². The quantitative estimate of drug-likeness (QED) is 0.838. The van der Waals surface area contributed by atoms with Crippen LogP contribution >= 0.6 is 23.2 Å². The highest BCUT2D eigenvalue weighted by molar-refractivity contribution is 6.42. The molecule has 0 N–H and O–H groups in total. The van der Waals surface area contributed by atoms with Crippen molar-refractivity contribution in [3.63, 3.8) is 0 Å². The van der Waals surface area contributed by atoms with Gasteiger partial charge in [-0.25, -0.2) is 0 Å². The Morgan fingerprint density at radius 2 is 1.71 bits per heavy atom. The van der Waals surface area contributed by atoms with E-state index in [2.05, 4.69) is 0 Å². The van der Waals surface area contributed by atoms with Crippen molar-refractivity contribution in [2.24, 2.45) is 0 Å². The number of piperazine rings is 1. The van der Waals surface area contributed by atoms with E-state index in [-0.39, 0.29) is 18.2 Å². The normalized spacial score (nSPS) is 14.8. The molecule has 24 heavy (non-hydrogen) atoms. The molecular formula is C17H16Cl2N2O3. The largest absolute Gasteiger partial charge is 0.472 e. The first-order valence-electron chi connectivity index (χ1n) is 7.58. The van der Waals surface area contributed by atoms with Crippen molar-refractivity contribution in [2.45, 2.75) is 6.42 Å². The summed E-state index contributed by atoms with van der Waals surface area (Å²) in [5.74, 6) is -0.0517. The minimum atomic E-state index is -0.0691. The Morgan fingerprint density at radius 3 is 2.33 bits per heavy atom. The van der Waals surface area contributed by atoms with Crippen molar-refractivity contribution in [1.82, 2.24) is 9.80 Å². The third-order valence-corrected chi connectivity index (χ3v) is 4.77. The van der Waals surface area contributed by atoms with Crippen molar-refractivity contribution in [3.05, 3.63) is 58.0 Å². The van der Waals surface area contributed by atoms with E-state index in [1.54, 1.807) is 34.1 Å². The van der Waals surface area contributed by atoms with Gasteiger partial charge < -0.3 is 14.2 Å². The van der Waals surface area contributed by atoms with E-state index < -0.39 is 0 Å². The van der Waals surface area contributed by atoms with Gasteiger partial charge in [0.2, 0.25) is 5.91 Å². The molecule has 1 aliphatic rings. The molecule has 1 aromatic carbocycles. The lowest BCUT2D eigenvalue weighted by Gasteiger charge is -2.34. The molecular weight excluding hydrogens is 351 g/mol. The summed E-state index contributed by atoms with van der Waals surface area (Å²) < 4.78 is 4.94. The fourth-order valence-electron chi connectivity index (χ4n) is 2.66. The number of furan rings is 1. The molecule has 0 radical (unpaired) electrons. The smallest absolute Gasteiger partial charge is 0.257 e. The van der Waals surface area contributed by atoms with Gasteiger partial charge in [0.1, 0.15) is 6.26 Å². The summed E-state index contributed by atoms with van der Waals surface area (Å²) in [7, 11) is 0. The van der Waals surface area contributed by atoms with Gasteiger partial charge in [0.15, 0.2) is 0 Å². The van der Waals surface area contributed by atoms with E-state index in [1.807, 2.05) is 0 Å². The lowest BCUT2D eigenvalue weighted by molar-refractivity contribution is -0.131. The predicted molar refractivity (Wildman–Crippen MR) is 91.4 cm³/mol. The highest BCUT2D eigenvalue weighted by Gasteiger charge is 2.25. The Morgan fingerprint density at radius 1 is 1.00 bits per heavy atom. The molecule has 126 valence electrons. The van der Waals surface area contributed by atoms with Gasteiger partial charge in [-0.3, -0.25) is 9.59 Å². The van der Waals surface area contributed by atoms with E-state index in [0.29, 0.717) is 41.8 Å². The third kappa shape index (κ3) is 3.74. The van der Waals surface area contributed by atoms with Crippen LogP contribution in [0.2, 0.25) is 10.0 Å². The zero-order valence-corrected chi connectivity index (χ0v) is 14.4. The van der Waals surface area contributed by atoms with Gasteiger partial charge in [-0.2, -0.15) is 0 Å². The van der Waals surface area contributed by atoms with E-state index in [0.717, 1.165) is 5.56 Å². The summed E-state index contributed by atoms with van der Waals surface area (Å²) in [5.41, 5.74) is 1.36. The number of halogens is 2. The summed E-state index contributed by atoms with van der Waals surface area (Å²) >= 11 is 11.9. The van der Waals surface area contributed by atoms with Crippen LogP contribution in [0.25, 0.3) is 0 Å². The molecule has 1 saturated heterocycles. The van der Waals surface area contributed by atoms with Gasteiger partial charge >= 0.3 is 0 Å². The van der Waals surface area contributed by atoms with E-state index in [9.17, 15) is 9.59 Å². The van der Waals surface area contributed by atoms with Crippen LogP contribution in [-0.4, -0.2) is 47.8 Å². The Bertz CT molecular complexity index is 738. The summed E-state index contributed by atoms with van der Waals surface area (Å²) in [4.78, 5) is 28.1. The van der Waals surface area contributed by atoms with Crippen LogP contribution in [-0.2, 0) is 11.2 Å². The van der Waals surface area contributed by atoms with Crippen molar-refractivity contribution >= 4 is 35.0 Å². The molecule has 1 aromatic heterocycles. The molecule has 0 bridgehead atoms. The molecule has 0 saturated carbocycles. The topological polar surface area (TPSA) is 53.8 Å². The number of carbonyl (C=O) groups is 2. The second-order valence-corrected chi connectivity index (χ2v) is 6.42. The Kier molecular flexibility index (Phi) is 5.11. The highest BCUT2D eigenvalue weighted by atomic mass is 35.5. The molecule has 1 aliphatic heterocycles. The monoisotopic (exact) mass is 366 g/mol. The molecule has 0 spiro atoms. The van der Waals surface area contributed by atoms with Gasteiger partial charge in [0.05, 0.1) is 28.3 Å². The standard InChI is InChI=1S/C17H16Cl2N2O3/c18-14-2-1-12(9-15(14)19)10-16(22)20-4-6-21(7-5-20)17(23)13-3-8-24-11-13/h1-3,8-9,11H,4-7,10H2. The molecule has 2 aromatic rings. The average molecular weight is 367 g/mol. The number of amides is 2. The van der Waals surface area contributed by atoms with Crippen molar-refractivity contribution in [1.29, 1.82) is 0 Å². The highest BCUT2D eigenvalue weighted by Crippen LogP contribution is 2.23. The minimum absolute atomic E-state index is 0.0174. The molecule has 2 amide bonds. The summed E-state index contributed by atoms with van der Waals surface area (Å²) in [6.07, 6.45) is 3.18. The molecule has 3 rings (SSSR count). The molecule has 7 heteroatoms. The fraction of sp³-hybridized carbons (Fsp3) is 0.294. The average Bonchev–Trinajstić information content (AvgIpc) is 3.12. The molecule has 0 unspecified atom stereocenters. The Hall–Kier alpha value is -1.98. The van der Waals surface area contributed by atoms with Gasteiger partial charge in [-0.05, 0) is 23.8 Å². The van der Waals surface area contributed by atoms with E-state index in [4.69, 9.17) is 27.6 Å². The van der Waals surface area contributed by atoms with Gasteiger partial charge in [-0.1, -0.05) is 29.3 Å². The SMILES string of the molecule is O=C(Cc1ccc(Cl)c(Cl)c1)N1CCN(C(=O)c2ccoc2)CC1. The molecule has 5 nitrogen and oxygen atoms in total. The van der Waals surface area contributed by atoms with Crippen LogP contribution < -0.4 is 0 Å². The van der Waals surface area contributed by atoms with Crippen LogP contribution in [0.3, 0.4) is 0 Å². The molecule has 0 aliphatic carbocycles. The maximum absolute atomic E-state index is 12.4. The first-order chi connectivity index (χ1) is 11.5. The lowest BCUT2D eigenvalue weighted by Crippen LogP contribution is -2.50. The maximum atomic E-state index is 12.4. The predicted octanol–water partition coefficient (Wildman–Crippen LogP) is 3.11. The number of benzene rings is 1. The Balaban J connectivity index is 1.55. The van der Waals surface area contributed by atoms with E-state index in [1.165, 1.54) is 12.5 Å². The number of hydrogen-bond acceptors (Lipinski definition) is 3. The number of nitrogens with zero attached hydrogens (tertiary/aromatic N) is 2. The second kappa shape index (κ2) is 7.28. The van der Waals surface area contributed by atoms with Crippen LogP contribution in [0.4, 0.5) is 0 Å². The summed E-state index contributed by atoms with van der Waals surface area (Å²) in [6.45, 7) is 2.06. The van der Waals surface area contributed by atoms with Crippen LogP contribution in [0, 0.1) is 0 Å². The number of carbonyl (C=O) groups excluding carboxylic acids is 2. The minimum Gasteiger partial charge on any atom is -0.472 e. The van der Waals surface area contributed by atoms with Gasteiger partial charge in [0, 0.05) is 26.2 Å². The fourth-order valence-corrected chi connectivity index (χ4v) is 2.98. The first kappa shape index (κ1) is 16.9.